The number of amides is 1. The van der Waals surface area contributed by atoms with Crippen molar-refractivity contribution in [2.45, 2.75) is 32.9 Å². The second-order valence-electron chi connectivity index (χ2n) is 4.34. The number of nitrogens with one attached hydrogen (secondary N) is 1. The van der Waals surface area contributed by atoms with Crippen molar-refractivity contribution >= 4 is 17.7 Å². The first-order valence-electron chi connectivity index (χ1n) is 6.03. The van der Waals surface area contributed by atoms with E-state index in [1.807, 2.05) is 0 Å². The maximum atomic E-state index is 11.4. The lowest BCUT2D eigenvalue weighted by atomic mass is 10.1. The zero-order chi connectivity index (χ0) is 12.7. The van der Waals surface area contributed by atoms with Crippen molar-refractivity contribution in [3.8, 4) is 0 Å². The Labute approximate surface area is 108 Å². The molecular weight excluding hydrogens is 230 g/mol. The van der Waals surface area contributed by atoms with Gasteiger partial charge in [-0.25, -0.2) is 0 Å². The number of hydrogen-bond acceptors (Lipinski definition) is 2. The number of carbonyl (C=O) groups excluding carboxylic acids is 1. The molecule has 0 aliphatic carbocycles. The monoisotopic (exact) mass is 251 g/mol. The van der Waals surface area contributed by atoms with Crippen molar-refractivity contribution in [1.82, 2.24) is 5.32 Å². The lowest BCUT2D eigenvalue weighted by molar-refractivity contribution is -0.118. The molecule has 1 amide bonds. The van der Waals surface area contributed by atoms with Crippen LogP contribution in [-0.2, 0) is 10.5 Å². The molecule has 17 heavy (non-hydrogen) atoms. The first-order chi connectivity index (χ1) is 8.11. The van der Waals surface area contributed by atoms with Gasteiger partial charge < -0.3 is 5.32 Å². The van der Waals surface area contributed by atoms with Gasteiger partial charge in [-0.3, -0.25) is 4.79 Å². The fourth-order valence-corrected chi connectivity index (χ4v) is 2.52. The van der Waals surface area contributed by atoms with Crippen molar-refractivity contribution < 1.29 is 4.79 Å². The van der Waals surface area contributed by atoms with Crippen molar-refractivity contribution in [3.05, 3.63) is 34.9 Å². The molecule has 1 rings (SSSR count). The van der Waals surface area contributed by atoms with Crippen LogP contribution in [0.3, 0.4) is 0 Å². The number of thioether (sulfide) groups is 1. The Morgan fingerprint density at radius 1 is 1.24 bits per heavy atom. The molecule has 1 aromatic carbocycles. The van der Waals surface area contributed by atoms with Crippen LogP contribution in [0.2, 0.25) is 0 Å². The predicted molar refractivity (Wildman–Crippen MR) is 75.4 cm³/mol. The third-order valence-corrected chi connectivity index (χ3v) is 3.36. The van der Waals surface area contributed by atoms with E-state index in [1.165, 1.54) is 16.7 Å². The molecule has 0 unspecified atom stereocenters. The van der Waals surface area contributed by atoms with Gasteiger partial charge in [0.2, 0.25) is 5.91 Å². The van der Waals surface area contributed by atoms with Crippen LogP contribution in [0.5, 0.6) is 0 Å². The largest absolute Gasteiger partial charge is 0.355 e. The topological polar surface area (TPSA) is 29.1 Å². The van der Waals surface area contributed by atoms with Crippen LogP contribution in [0, 0.1) is 13.8 Å². The van der Waals surface area contributed by atoms with E-state index in [-0.39, 0.29) is 5.91 Å². The van der Waals surface area contributed by atoms with E-state index in [0.29, 0.717) is 5.75 Å². The molecule has 0 bridgehead atoms. The van der Waals surface area contributed by atoms with E-state index < -0.39 is 0 Å². The Morgan fingerprint density at radius 2 is 1.88 bits per heavy atom. The SMILES string of the molecule is CCCNC(=O)CSCc1cc(C)cc(C)c1. The Balaban J connectivity index is 2.33. The summed E-state index contributed by atoms with van der Waals surface area (Å²) >= 11 is 1.67. The van der Waals surface area contributed by atoms with Crippen molar-refractivity contribution in [2.75, 3.05) is 12.3 Å². The Morgan fingerprint density at radius 3 is 2.47 bits per heavy atom. The molecule has 1 N–H and O–H groups in total. The molecule has 2 nitrogen and oxygen atoms in total. The van der Waals surface area contributed by atoms with E-state index in [2.05, 4.69) is 44.3 Å². The first kappa shape index (κ1) is 14.1. The summed E-state index contributed by atoms with van der Waals surface area (Å²) in [5, 5.41) is 2.88. The first-order valence-corrected chi connectivity index (χ1v) is 7.19. The molecule has 0 fully saturated rings. The van der Waals surface area contributed by atoms with Crippen LogP contribution in [0.15, 0.2) is 18.2 Å². The van der Waals surface area contributed by atoms with Gasteiger partial charge in [-0.1, -0.05) is 36.2 Å². The highest BCUT2D eigenvalue weighted by Crippen LogP contribution is 2.15. The molecular formula is C14H21NOS. The molecule has 0 saturated heterocycles. The highest BCUT2D eigenvalue weighted by molar-refractivity contribution is 7.99. The van der Waals surface area contributed by atoms with Crippen molar-refractivity contribution in [3.63, 3.8) is 0 Å². The molecule has 3 heteroatoms. The summed E-state index contributed by atoms with van der Waals surface area (Å²) in [6.07, 6.45) is 0.994. The summed E-state index contributed by atoms with van der Waals surface area (Å²) in [4.78, 5) is 11.4. The number of carbonyl (C=O) groups is 1. The highest BCUT2D eigenvalue weighted by Gasteiger charge is 2.01. The molecule has 0 saturated carbocycles. The second-order valence-corrected chi connectivity index (χ2v) is 5.32. The second kappa shape index (κ2) is 7.38. The number of benzene rings is 1. The van der Waals surface area contributed by atoms with Crippen LogP contribution >= 0.6 is 11.8 Å². The summed E-state index contributed by atoms with van der Waals surface area (Å²) in [7, 11) is 0. The molecule has 0 radical (unpaired) electrons. The van der Waals surface area contributed by atoms with Crippen LogP contribution < -0.4 is 5.32 Å². The predicted octanol–water partition coefficient (Wildman–Crippen LogP) is 3.06. The minimum Gasteiger partial charge on any atom is -0.355 e. The van der Waals surface area contributed by atoms with E-state index in [4.69, 9.17) is 0 Å². The maximum Gasteiger partial charge on any atom is 0.230 e. The molecule has 0 aromatic heterocycles. The van der Waals surface area contributed by atoms with Crippen molar-refractivity contribution in [2.24, 2.45) is 0 Å². The van der Waals surface area contributed by atoms with Gasteiger partial charge in [-0.05, 0) is 25.8 Å². The average molecular weight is 251 g/mol. The normalized spacial score (nSPS) is 10.3. The summed E-state index contributed by atoms with van der Waals surface area (Å²) < 4.78 is 0. The summed E-state index contributed by atoms with van der Waals surface area (Å²) in [5.41, 5.74) is 3.88. The molecule has 94 valence electrons. The van der Waals surface area contributed by atoms with Crippen LogP contribution in [0.25, 0.3) is 0 Å². The van der Waals surface area contributed by atoms with Gasteiger partial charge in [0.15, 0.2) is 0 Å². The standard InChI is InChI=1S/C14H21NOS/c1-4-5-15-14(16)10-17-9-13-7-11(2)6-12(3)8-13/h6-8H,4-5,9-10H2,1-3H3,(H,15,16). The van der Waals surface area contributed by atoms with Gasteiger partial charge in [0.05, 0.1) is 5.75 Å². The third kappa shape index (κ3) is 5.78. The number of hydrogen-bond donors (Lipinski definition) is 1. The minimum atomic E-state index is 0.140. The van der Waals surface area contributed by atoms with E-state index in [0.717, 1.165) is 18.7 Å². The summed E-state index contributed by atoms with van der Waals surface area (Å²) in [6, 6.07) is 6.54. The number of aryl methyl sites for hydroxylation is 2. The van der Waals surface area contributed by atoms with Gasteiger partial charge in [0.1, 0.15) is 0 Å². The van der Waals surface area contributed by atoms with E-state index >= 15 is 0 Å². The van der Waals surface area contributed by atoms with Gasteiger partial charge >= 0.3 is 0 Å². The molecule has 0 spiro atoms. The van der Waals surface area contributed by atoms with E-state index in [1.54, 1.807) is 11.8 Å². The zero-order valence-corrected chi connectivity index (χ0v) is 11.7. The Bertz CT molecular complexity index is 356. The molecule has 1 aromatic rings. The molecule has 0 heterocycles. The van der Waals surface area contributed by atoms with Crippen molar-refractivity contribution in [1.29, 1.82) is 0 Å². The summed E-state index contributed by atoms with van der Waals surface area (Å²) in [5.74, 6) is 1.59. The average Bonchev–Trinajstić information content (AvgIpc) is 2.25. The fraction of sp³-hybridized carbons (Fsp3) is 0.500. The minimum absolute atomic E-state index is 0.140. The smallest absolute Gasteiger partial charge is 0.230 e. The molecule has 0 atom stereocenters. The molecule has 0 aliphatic heterocycles. The van der Waals surface area contributed by atoms with Crippen LogP contribution in [0.4, 0.5) is 0 Å². The molecule has 0 aliphatic rings. The number of rotatable bonds is 6. The zero-order valence-electron chi connectivity index (χ0n) is 10.9. The fourth-order valence-electron chi connectivity index (χ4n) is 1.73. The lowest BCUT2D eigenvalue weighted by Crippen LogP contribution is -2.25. The van der Waals surface area contributed by atoms with E-state index in [9.17, 15) is 4.79 Å². The Hall–Kier alpha value is -0.960. The quantitative estimate of drug-likeness (QED) is 0.842. The lowest BCUT2D eigenvalue weighted by Gasteiger charge is -2.05. The highest BCUT2D eigenvalue weighted by atomic mass is 32.2. The Kier molecular flexibility index (Phi) is 6.12. The van der Waals surface area contributed by atoms with Gasteiger partial charge in [-0.2, -0.15) is 0 Å². The van der Waals surface area contributed by atoms with Crippen LogP contribution in [0.1, 0.15) is 30.0 Å². The van der Waals surface area contributed by atoms with Gasteiger partial charge in [0, 0.05) is 12.3 Å². The summed E-state index contributed by atoms with van der Waals surface area (Å²) in [6.45, 7) is 7.05. The van der Waals surface area contributed by atoms with Crippen LogP contribution in [-0.4, -0.2) is 18.2 Å². The third-order valence-electron chi connectivity index (χ3n) is 2.36. The maximum absolute atomic E-state index is 11.4. The van der Waals surface area contributed by atoms with Gasteiger partial charge in [-0.15, -0.1) is 11.8 Å². The van der Waals surface area contributed by atoms with Gasteiger partial charge in [0.25, 0.3) is 0 Å².